The number of nitrogens with zero attached hydrogens (tertiary/aromatic N) is 1. The number of unbranched alkanes of at least 4 members (excludes halogenated alkanes) is 1. The lowest BCUT2D eigenvalue weighted by Crippen LogP contribution is -2.43. The quantitative estimate of drug-likeness (QED) is 0.332. The van der Waals surface area contributed by atoms with Gasteiger partial charge in [-0.25, -0.2) is 8.42 Å². The van der Waals surface area contributed by atoms with E-state index in [1.807, 2.05) is 12.1 Å². The molecule has 1 aliphatic heterocycles. The Morgan fingerprint density at radius 2 is 2.00 bits per heavy atom. The summed E-state index contributed by atoms with van der Waals surface area (Å²) in [6.45, 7) is 1.53. The van der Waals surface area contributed by atoms with E-state index in [1.54, 1.807) is 0 Å². The summed E-state index contributed by atoms with van der Waals surface area (Å²) in [4.78, 5) is 29.6. The van der Waals surface area contributed by atoms with Gasteiger partial charge in [-0.05, 0) is 56.0 Å². The summed E-state index contributed by atoms with van der Waals surface area (Å²) in [5.74, 6) is -0.793. The van der Waals surface area contributed by atoms with E-state index in [0.29, 0.717) is 25.3 Å². The Labute approximate surface area is 207 Å². The van der Waals surface area contributed by atoms with E-state index >= 15 is 0 Å². The number of hydrogen-bond donors (Lipinski definition) is 4. The predicted octanol–water partition coefficient (Wildman–Crippen LogP) is 2.55. The Balaban J connectivity index is 1.47. The highest BCUT2D eigenvalue weighted by molar-refractivity contribution is 7.89. The average Bonchev–Trinajstić information content (AvgIpc) is 3.24. The number of sulfonamides is 1. The lowest BCUT2D eigenvalue weighted by atomic mass is 10.1. The number of nitrogens with one attached hydrogen (secondary N) is 3. The molecule has 1 amide bonds. The van der Waals surface area contributed by atoms with Gasteiger partial charge in [-0.1, -0.05) is 17.7 Å². The van der Waals surface area contributed by atoms with Crippen LogP contribution in [0.25, 0.3) is 0 Å². The number of rotatable bonds is 11. The fourth-order valence-corrected chi connectivity index (χ4v) is 5.93. The number of carbonyl (C=O) groups excluding carboxylic acids is 1. The number of guanidine groups is 1. The maximum Gasteiger partial charge on any atom is 0.322 e. The lowest BCUT2D eigenvalue weighted by molar-refractivity contribution is -0.138. The van der Waals surface area contributed by atoms with E-state index in [9.17, 15) is 23.1 Å². The Morgan fingerprint density at radius 3 is 2.71 bits per heavy atom. The first-order valence-corrected chi connectivity index (χ1v) is 13.6. The molecule has 3 rings (SSSR count). The van der Waals surface area contributed by atoms with Gasteiger partial charge in [0, 0.05) is 40.7 Å². The van der Waals surface area contributed by atoms with Gasteiger partial charge < -0.3 is 10.4 Å². The lowest BCUT2D eigenvalue weighted by Gasteiger charge is -2.14. The van der Waals surface area contributed by atoms with Crippen molar-refractivity contribution in [2.24, 2.45) is 4.99 Å². The molecule has 0 saturated carbocycles. The molecule has 2 heterocycles. The number of aliphatic carboxylic acids is 1. The first-order chi connectivity index (χ1) is 16.2. The van der Waals surface area contributed by atoms with Crippen LogP contribution in [-0.4, -0.2) is 50.5 Å². The smallest absolute Gasteiger partial charge is 0.322 e. The van der Waals surface area contributed by atoms with Gasteiger partial charge in [0.25, 0.3) is 0 Å². The van der Waals surface area contributed by atoms with Crippen LogP contribution in [0.1, 0.15) is 35.4 Å². The number of aryl methyl sites for hydroxylation is 1. The van der Waals surface area contributed by atoms with Gasteiger partial charge in [0.2, 0.25) is 15.9 Å². The van der Waals surface area contributed by atoms with Crippen molar-refractivity contribution in [3.05, 3.63) is 51.2 Å². The number of hydrogen-bond acceptors (Lipinski definition) is 7. The van der Waals surface area contributed by atoms with Gasteiger partial charge in [-0.15, -0.1) is 11.3 Å². The summed E-state index contributed by atoms with van der Waals surface area (Å²) in [6.07, 6.45) is 3.65. The van der Waals surface area contributed by atoms with Crippen LogP contribution in [0.4, 0.5) is 0 Å². The van der Waals surface area contributed by atoms with Crippen LogP contribution >= 0.6 is 22.9 Å². The number of carbonyl (C=O) groups is 2. The number of thiophene rings is 1. The van der Waals surface area contributed by atoms with Crippen LogP contribution in [0.3, 0.4) is 0 Å². The molecule has 1 aromatic carbocycles. The molecule has 1 aromatic heterocycles. The number of amides is 1. The molecule has 0 radical (unpaired) electrons. The van der Waals surface area contributed by atoms with Gasteiger partial charge in [-0.3, -0.25) is 19.9 Å². The van der Waals surface area contributed by atoms with Gasteiger partial charge in [0.05, 0.1) is 4.90 Å². The van der Waals surface area contributed by atoms with Crippen LogP contribution in [0.2, 0.25) is 5.02 Å². The van der Waals surface area contributed by atoms with Crippen LogP contribution in [-0.2, 0) is 32.5 Å². The summed E-state index contributed by atoms with van der Waals surface area (Å²) in [5, 5.41) is 15.6. The van der Waals surface area contributed by atoms with E-state index in [0.717, 1.165) is 35.6 Å². The number of carboxylic acid groups (broad SMARTS) is 1. The number of benzene rings is 1. The second-order valence-corrected chi connectivity index (χ2v) is 11.2. The second kappa shape index (κ2) is 12.3. The second-order valence-electron chi connectivity index (χ2n) is 7.81. The third kappa shape index (κ3) is 8.08. The van der Waals surface area contributed by atoms with Gasteiger partial charge in [0.1, 0.15) is 6.04 Å². The molecule has 0 spiro atoms. The standard InChI is InChI=1S/C22H27ClN4O5S2/c23-15-5-3-7-18(13-15)34(31,32)27-19(21(29)30)14-17-10-9-16(33-17)6-1-2-8-20(28)26-22-24-11-4-12-25-22/h3,5,7,9-10,13,19,27H,1-2,4,6,8,11-12,14H2,(H,29,30)(H2,24,25,26,28)/t19-/m0/s1. The molecule has 1 aliphatic rings. The van der Waals surface area contributed by atoms with E-state index in [2.05, 4.69) is 20.3 Å². The van der Waals surface area contributed by atoms with Crippen molar-refractivity contribution in [1.29, 1.82) is 0 Å². The zero-order valence-corrected chi connectivity index (χ0v) is 20.8. The highest BCUT2D eigenvalue weighted by atomic mass is 35.5. The molecule has 0 bridgehead atoms. The first-order valence-electron chi connectivity index (χ1n) is 10.9. The van der Waals surface area contributed by atoms with Crippen LogP contribution < -0.4 is 15.4 Å². The highest BCUT2D eigenvalue weighted by Gasteiger charge is 2.26. The summed E-state index contributed by atoms with van der Waals surface area (Å²) >= 11 is 7.30. The molecule has 12 heteroatoms. The number of aliphatic imine (C=N–C) groups is 1. The molecule has 0 fully saturated rings. The van der Waals surface area contributed by atoms with E-state index in [4.69, 9.17) is 11.6 Å². The topological polar surface area (TPSA) is 137 Å². The molecular weight excluding hydrogens is 500 g/mol. The summed E-state index contributed by atoms with van der Waals surface area (Å²) in [7, 11) is -4.04. The minimum atomic E-state index is -4.04. The Bertz CT molecular complexity index is 1150. The highest BCUT2D eigenvalue weighted by Crippen LogP contribution is 2.22. The summed E-state index contributed by atoms with van der Waals surface area (Å²) < 4.78 is 27.4. The molecular formula is C22H27ClN4O5S2. The number of carboxylic acids is 1. The molecule has 184 valence electrons. The Morgan fingerprint density at radius 1 is 1.21 bits per heavy atom. The van der Waals surface area contributed by atoms with E-state index in [-0.39, 0.29) is 22.2 Å². The fraction of sp³-hybridized carbons (Fsp3) is 0.409. The zero-order valence-electron chi connectivity index (χ0n) is 18.4. The van der Waals surface area contributed by atoms with Crippen molar-refractivity contribution in [3.8, 4) is 0 Å². The third-order valence-corrected chi connectivity index (χ3v) is 7.93. The normalized spacial score (nSPS) is 14.7. The average molecular weight is 527 g/mol. The van der Waals surface area contributed by atoms with E-state index < -0.39 is 22.0 Å². The molecule has 34 heavy (non-hydrogen) atoms. The van der Waals surface area contributed by atoms with Gasteiger partial charge in [0.15, 0.2) is 5.96 Å². The molecule has 0 saturated heterocycles. The van der Waals surface area contributed by atoms with Crippen LogP contribution in [0.5, 0.6) is 0 Å². The summed E-state index contributed by atoms with van der Waals surface area (Å²) in [5.41, 5.74) is 0. The fourth-order valence-electron chi connectivity index (χ4n) is 3.33. The van der Waals surface area contributed by atoms with E-state index in [1.165, 1.54) is 35.6 Å². The molecule has 2 aromatic rings. The molecule has 4 N–H and O–H groups in total. The van der Waals surface area contributed by atoms with Gasteiger partial charge >= 0.3 is 5.97 Å². The van der Waals surface area contributed by atoms with Crippen molar-refractivity contribution in [2.75, 3.05) is 13.1 Å². The molecule has 9 nitrogen and oxygen atoms in total. The first kappa shape index (κ1) is 26.1. The zero-order chi connectivity index (χ0) is 24.6. The minimum absolute atomic E-state index is 0.0251. The van der Waals surface area contributed by atoms with Crippen LogP contribution in [0, 0.1) is 0 Å². The molecule has 0 aliphatic carbocycles. The van der Waals surface area contributed by atoms with Crippen molar-refractivity contribution in [1.82, 2.24) is 15.4 Å². The van der Waals surface area contributed by atoms with Gasteiger partial charge in [-0.2, -0.15) is 4.72 Å². The molecule has 0 unspecified atom stereocenters. The predicted molar refractivity (Wildman–Crippen MR) is 132 cm³/mol. The van der Waals surface area contributed by atoms with Crippen LogP contribution in [0.15, 0.2) is 46.3 Å². The Kier molecular flexibility index (Phi) is 9.45. The van der Waals surface area contributed by atoms with Crippen molar-refractivity contribution < 1.29 is 23.1 Å². The number of halogens is 1. The van der Waals surface area contributed by atoms with Crippen molar-refractivity contribution >= 4 is 50.8 Å². The Hall–Kier alpha value is -2.47. The third-order valence-electron chi connectivity index (χ3n) is 5.06. The largest absolute Gasteiger partial charge is 0.480 e. The maximum atomic E-state index is 12.6. The molecule has 1 atom stereocenters. The SMILES string of the molecule is O=C(CCCCc1ccc(C[C@H](NS(=O)(=O)c2cccc(Cl)c2)C(=O)O)s1)NC1=NCCCN1. The van der Waals surface area contributed by atoms with Crippen molar-refractivity contribution in [2.45, 2.75) is 49.5 Å². The van der Waals surface area contributed by atoms with Crippen molar-refractivity contribution in [3.63, 3.8) is 0 Å². The maximum absolute atomic E-state index is 12.6. The summed E-state index contributed by atoms with van der Waals surface area (Å²) in [6, 6.07) is 8.06. The minimum Gasteiger partial charge on any atom is -0.480 e. The monoisotopic (exact) mass is 526 g/mol.